The predicted molar refractivity (Wildman–Crippen MR) is 115 cm³/mol. The Hall–Kier alpha value is -2.59. The minimum atomic E-state index is -4.43. The zero-order valence-electron chi connectivity index (χ0n) is 18.1. The number of methoxy groups -OCH3 is 1. The van der Waals surface area contributed by atoms with Gasteiger partial charge in [-0.2, -0.15) is 17.5 Å². The average Bonchev–Trinajstić information content (AvgIpc) is 3.47. The zero-order chi connectivity index (χ0) is 23.8. The normalized spacial score (nSPS) is 17.2. The molecule has 1 aliphatic heterocycles. The van der Waals surface area contributed by atoms with E-state index in [1.165, 1.54) is 41.7 Å². The number of alkyl halides is 3. The molecule has 2 aliphatic rings. The Morgan fingerprint density at radius 3 is 2.27 bits per heavy atom. The molecule has 1 heterocycles. The second-order valence-corrected chi connectivity index (χ2v) is 10.2. The van der Waals surface area contributed by atoms with E-state index in [1.54, 1.807) is 4.90 Å². The summed E-state index contributed by atoms with van der Waals surface area (Å²) in [6.07, 6.45) is -1.28. The monoisotopic (exact) mass is 482 g/mol. The molecular weight excluding hydrogens is 457 g/mol. The number of hydrogen-bond donors (Lipinski definition) is 0. The van der Waals surface area contributed by atoms with Gasteiger partial charge in [-0.15, -0.1) is 0 Å². The number of nitrogens with zero attached hydrogens (tertiary/aromatic N) is 2. The van der Waals surface area contributed by atoms with Crippen LogP contribution in [0, 0.1) is 0 Å². The Morgan fingerprint density at radius 2 is 1.73 bits per heavy atom. The molecule has 178 valence electrons. The molecule has 2 fully saturated rings. The van der Waals surface area contributed by atoms with Gasteiger partial charge in [0.15, 0.2) is 0 Å². The molecule has 2 aromatic rings. The Balaban J connectivity index is 1.61. The summed E-state index contributed by atoms with van der Waals surface area (Å²) in [6, 6.07) is 9.03. The van der Waals surface area contributed by atoms with Crippen molar-refractivity contribution in [2.45, 2.75) is 49.3 Å². The van der Waals surface area contributed by atoms with Crippen LogP contribution in [0.5, 0.6) is 5.75 Å². The lowest BCUT2D eigenvalue weighted by Gasteiger charge is -2.24. The lowest BCUT2D eigenvalue weighted by atomic mass is 10.1. The molecular formula is C23H25F3N2O4S. The van der Waals surface area contributed by atoms with Crippen LogP contribution in [0.2, 0.25) is 0 Å². The number of sulfonamides is 1. The molecule has 0 spiro atoms. The number of carbonyl (C=O) groups is 1. The maximum atomic E-state index is 13.4. The molecule has 2 aromatic carbocycles. The van der Waals surface area contributed by atoms with Gasteiger partial charge in [-0.3, -0.25) is 4.79 Å². The molecule has 0 atom stereocenters. The van der Waals surface area contributed by atoms with Crippen LogP contribution in [0.15, 0.2) is 47.4 Å². The number of halogens is 3. The first-order valence-electron chi connectivity index (χ1n) is 10.8. The molecule has 0 aromatic heterocycles. The zero-order valence-corrected chi connectivity index (χ0v) is 19.0. The Morgan fingerprint density at radius 1 is 1.09 bits per heavy atom. The largest absolute Gasteiger partial charge is 0.495 e. The van der Waals surface area contributed by atoms with Crippen LogP contribution < -0.4 is 4.74 Å². The van der Waals surface area contributed by atoms with E-state index in [0.29, 0.717) is 18.7 Å². The SMILES string of the molecule is COc1ccc(C(=O)N(Cc2ccc(C(F)(F)F)cc2)C2CC2)cc1S(=O)(=O)N1CCCC1. The summed E-state index contributed by atoms with van der Waals surface area (Å²) in [7, 11) is -2.44. The van der Waals surface area contributed by atoms with Gasteiger partial charge in [-0.1, -0.05) is 12.1 Å². The maximum absolute atomic E-state index is 13.4. The van der Waals surface area contributed by atoms with Crippen LogP contribution >= 0.6 is 0 Å². The smallest absolute Gasteiger partial charge is 0.416 e. The highest BCUT2D eigenvalue weighted by Gasteiger charge is 2.36. The fourth-order valence-electron chi connectivity index (χ4n) is 3.99. The number of rotatable bonds is 7. The van der Waals surface area contributed by atoms with Crippen molar-refractivity contribution >= 4 is 15.9 Å². The highest BCUT2D eigenvalue weighted by molar-refractivity contribution is 7.89. The van der Waals surface area contributed by atoms with Crippen LogP contribution in [0.1, 0.15) is 47.2 Å². The van der Waals surface area contributed by atoms with Crippen LogP contribution in [0.3, 0.4) is 0 Å². The van der Waals surface area contributed by atoms with E-state index in [9.17, 15) is 26.4 Å². The molecule has 1 amide bonds. The van der Waals surface area contributed by atoms with E-state index in [1.807, 2.05) is 0 Å². The van der Waals surface area contributed by atoms with Crippen LogP contribution in [0.25, 0.3) is 0 Å². The van der Waals surface area contributed by atoms with Gasteiger partial charge in [0.2, 0.25) is 10.0 Å². The van der Waals surface area contributed by atoms with Gasteiger partial charge in [0.25, 0.3) is 5.91 Å². The highest BCUT2D eigenvalue weighted by Crippen LogP contribution is 2.34. The van der Waals surface area contributed by atoms with Crippen molar-refractivity contribution in [1.82, 2.24) is 9.21 Å². The van der Waals surface area contributed by atoms with Crippen LogP contribution in [0.4, 0.5) is 13.2 Å². The minimum Gasteiger partial charge on any atom is -0.495 e. The topological polar surface area (TPSA) is 66.9 Å². The predicted octanol–water partition coefficient (Wildman–Crippen LogP) is 4.30. The molecule has 0 radical (unpaired) electrons. The summed E-state index contributed by atoms with van der Waals surface area (Å²) in [6.45, 7) is 0.986. The molecule has 0 bridgehead atoms. The van der Waals surface area contributed by atoms with E-state index in [-0.39, 0.29) is 34.7 Å². The number of carbonyl (C=O) groups excluding carboxylic acids is 1. The molecule has 0 unspecified atom stereocenters. The van der Waals surface area contributed by atoms with Gasteiger partial charge >= 0.3 is 6.18 Å². The second-order valence-electron chi connectivity index (χ2n) is 8.34. The summed E-state index contributed by atoms with van der Waals surface area (Å²) < 4.78 is 71.5. The summed E-state index contributed by atoms with van der Waals surface area (Å²) in [5.74, 6) is -0.197. The second kappa shape index (κ2) is 8.98. The number of benzene rings is 2. The van der Waals surface area contributed by atoms with Crippen molar-refractivity contribution in [1.29, 1.82) is 0 Å². The van der Waals surface area contributed by atoms with Crippen molar-refractivity contribution < 1.29 is 31.1 Å². The third kappa shape index (κ3) is 5.01. The molecule has 1 saturated carbocycles. The first-order valence-corrected chi connectivity index (χ1v) is 12.2. The number of amides is 1. The van der Waals surface area contributed by atoms with Gasteiger partial charge in [0.1, 0.15) is 10.6 Å². The first kappa shape index (κ1) is 23.6. The summed E-state index contributed by atoms with van der Waals surface area (Å²) in [5.41, 5.74) is 0.0246. The number of ether oxygens (including phenoxy) is 1. The van der Waals surface area contributed by atoms with E-state index in [2.05, 4.69) is 0 Å². The molecule has 1 saturated heterocycles. The van der Waals surface area contributed by atoms with Crippen LogP contribution in [-0.2, 0) is 22.7 Å². The van der Waals surface area contributed by atoms with Gasteiger partial charge in [0.05, 0.1) is 12.7 Å². The van der Waals surface area contributed by atoms with Gasteiger partial charge in [-0.25, -0.2) is 8.42 Å². The third-order valence-corrected chi connectivity index (χ3v) is 7.90. The quantitative estimate of drug-likeness (QED) is 0.590. The minimum absolute atomic E-state index is 0.0273. The van der Waals surface area contributed by atoms with Crippen molar-refractivity contribution in [2.75, 3.05) is 20.2 Å². The fourth-order valence-corrected chi connectivity index (χ4v) is 5.69. The lowest BCUT2D eigenvalue weighted by molar-refractivity contribution is -0.137. The fraction of sp³-hybridized carbons (Fsp3) is 0.435. The van der Waals surface area contributed by atoms with Crippen molar-refractivity contribution in [3.8, 4) is 5.75 Å². The van der Waals surface area contributed by atoms with Crippen molar-refractivity contribution in [3.63, 3.8) is 0 Å². The average molecular weight is 483 g/mol. The molecule has 1 aliphatic carbocycles. The maximum Gasteiger partial charge on any atom is 0.416 e. The molecule has 4 rings (SSSR count). The van der Waals surface area contributed by atoms with Gasteiger partial charge in [-0.05, 0) is 61.6 Å². The summed E-state index contributed by atoms with van der Waals surface area (Å²) >= 11 is 0. The van der Waals surface area contributed by atoms with Crippen molar-refractivity contribution in [3.05, 3.63) is 59.2 Å². The molecule has 33 heavy (non-hydrogen) atoms. The Labute approximate surface area is 191 Å². The molecule has 6 nitrogen and oxygen atoms in total. The Kier molecular flexibility index (Phi) is 6.41. The van der Waals surface area contributed by atoms with E-state index < -0.39 is 21.8 Å². The van der Waals surface area contributed by atoms with Crippen molar-refractivity contribution in [2.24, 2.45) is 0 Å². The molecule has 10 heteroatoms. The van der Waals surface area contributed by atoms with E-state index in [0.717, 1.165) is 37.8 Å². The summed E-state index contributed by atoms with van der Waals surface area (Å²) in [4.78, 5) is 14.9. The van der Waals surface area contributed by atoms with Gasteiger partial charge in [0, 0.05) is 31.2 Å². The lowest BCUT2D eigenvalue weighted by Crippen LogP contribution is -2.33. The summed E-state index contributed by atoms with van der Waals surface area (Å²) in [5, 5.41) is 0. The Bertz CT molecular complexity index is 1120. The highest BCUT2D eigenvalue weighted by atomic mass is 32.2. The third-order valence-electron chi connectivity index (χ3n) is 5.98. The first-order chi connectivity index (χ1) is 15.6. The van der Waals surface area contributed by atoms with Crippen LogP contribution in [-0.4, -0.2) is 49.8 Å². The van der Waals surface area contributed by atoms with E-state index in [4.69, 9.17) is 4.74 Å². The van der Waals surface area contributed by atoms with E-state index >= 15 is 0 Å². The van der Waals surface area contributed by atoms with Gasteiger partial charge < -0.3 is 9.64 Å². The standard InChI is InChI=1S/C23H25F3N2O4S/c1-32-20-11-6-17(14-21(20)33(30,31)27-12-2-3-13-27)22(29)28(19-9-10-19)15-16-4-7-18(8-5-16)23(24,25)26/h4-8,11,14,19H,2-3,9-10,12-13,15H2,1H3. The molecule has 0 N–H and O–H groups in total. The number of hydrogen-bond acceptors (Lipinski definition) is 4.